The van der Waals surface area contributed by atoms with Crippen LogP contribution in [0.25, 0.3) is 0 Å². The Morgan fingerprint density at radius 2 is 2.00 bits per heavy atom. The summed E-state index contributed by atoms with van der Waals surface area (Å²) in [4.78, 5) is 35.4. The van der Waals surface area contributed by atoms with Gasteiger partial charge in [0.05, 0.1) is 12.7 Å². The van der Waals surface area contributed by atoms with Crippen molar-refractivity contribution in [1.29, 1.82) is 0 Å². The topological polar surface area (TPSA) is 96.5 Å². The lowest BCUT2D eigenvalue weighted by Crippen LogP contribution is -2.38. The van der Waals surface area contributed by atoms with E-state index in [1.807, 2.05) is 0 Å². The second-order valence-electron chi connectivity index (χ2n) is 7.30. The van der Waals surface area contributed by atoms with Gasteiger partial charge >= 0.3 is 11.8 Å². The van der Waals surface area contributed by atoms with E-state index in [2.05, 4.69) is 22.9 Å². The van der Waals surface area contributed by atoms with Crippen LogP contribution in [-0.4, -0.2) is 37.0 Å². The molecular weight excluding hydrogens is 346 g/mol. The number of amides is 3. The maximum atomic E-state index is 12.0. The predicted octanol–water partition coefficient (Wildman–Crippen LogP) is 2.22. The molecule has 3 rings (SSSR count). The number of fused-ring (bicyclic) bond motifs is 1. The number of hydrogen-bond donors (Lipinski definition) is 3. The number of carbonyl (C=O) groups is 3. The van der Waals surface area contributed by atoms with Gasteiger partial charge in [-0.25, -0.2) is 0 Å². The van der Waals surface area contributed by atoms with Crippen LogP contribution in [0.3, 0.4) is 0 Å². The first-order valence-corrected chi connectivity index (χ1v) is 9.66. The van der Waals surface area contributed by atoms with Gasteiger partial charge in [0.1, 0.15) is 0 Å². The number of anilines is 2. The molecule has 2 atom stereocenters. The zero-order chi connectivity index (χ0) is 19.2. The van der Waals surface area contributed by atoms with Crippen LogP contribution in [0.1, 0.15) is 44.6 Å². The highest BCUT2D eigenvalue weighted by Gasteiger charge is 2.22. The van der Waals surface area contributed by atoms with Gasteiger partial charge < -0.3 is 20.7 Å². The Morgan fingerprint density at radius 1 is 1.19 bits per heavy atom. The van der Waals surface area contributed by atoms with E-state index in [4.69, 9.17) is 4.74 Å². The largest absolute Gasteiger partial charge is 0.376 e. The van der Waals surface area contributed by atoms with Gasteiger partial charge in [-0.2, -0.15) is 0 Å². The monoisotopic (exact) mass is 373 g/mol. The fourth-order valence-electron chi connectivity index (χ4n) is 3.63. The van der Waals surface area contributed by atoms with Crippen LogP contribution < -0.4 is 16.0 Å². The molecule has 0 spiro atoms. The number of rotatable bonds is 5. The average Bonchev–Trinajstić information content (AvgIpc) is 2.66. The van der Waals surface area contributed by atoms with E-state index >= 15 is 0 Å². The van der Waals surface area contributed by atoms with E-state index < -0.39 is 11.8 Å². The minimum absolute atomic E-state index is 0.0106. The first kappa shape index (κ1) is 19.4. The molecule has 1 aliphatic heterocycles. The van der Waals surface area contributed by atoms with Crippen molar-refractivity contribution in [3.8, 4) is 0 Å². The third-order valence-corrected chi connectivity index (χ3v) is 5.22. The fraction of sp³-hybridized carbons (Fsp3) is 0.550. The normalized spacial score (nSPS) is 21.7. The standard InChI is InChI=1S/C20H27N3O4/c1-13-4-2-3-5-17(13)27-11-10-21-19(25)20(26)22-15-7-8-16-14(12-15)6-9-18(24)23-16/h7-8,12-13,17H,2-6,9-11H2,1H3,(H,21,25)(H,22,26)(H,23,24). The summed E-state index contributed by atoms with van der Waals surface area (Å²) in [5.41, 5.74) is 2.24. The van der Waals surface area contributed by atoms with Gasteiger partial charge in [-0.3, -0.25) is 14.4 Å². The van der Waals surface area contributed by atoms with Crippen LogP contribution >= 0.6 is 0 Å². The second-order valence-corrected chi connectivity index (χ2v) is 7.30. The number of aryl methyl sites for hydroxylation is 1. The molecule has 1 aromatic carbocycles. The lowest BCUT2D eigenvalue weighted by atomic mass is 9.88. The lowest BCUT2D eigenvalue weighted by Gasteiger charge is -2.28. The summed E-state index contributed by atoms with van der Waals surface area (Å²) in [5, 5.41) is 7.97. The van der Waals surface area contributed by atoms with Crippen molar-refractivity contribution < 1.29 is 19.1 Å². The smallest absolute Gasteiger partial charge is 0.313 e. The van der Waals surface area contributed by atoms with E-state index in [0.717, 1.165) is 17.7 Å². The first-order valence-electron chi connectivity index (χ1n) is 9.66. The minimum atomic E-state index is -0.708. The van der Waals surface area contributed by atoms with Crippen molar-refractivity contribution in [1.82, 2.24) is 5.32 Å². The Hall–Kier alpha value is -2.41. The maximum absolute atomic E-state index is 12.0. The van der Waals surface area contributed by atoms with Gasteiger partial charge in [0.2, 0.25) is 5.91 Å². The fourth-order valence-corrected chi connectivity index (χ4v) is 3.63. The average molecular weight is 373 g/mol. The molecule has 2 unspecified atom stereocenters. The molecule has 0 radical (unpaired) electrons. The molecule has 1 aromatic rings. The van der Waals surface area contributed by atoms with Gasteiger partial charge in [-0.1, -0.05) is 19.8 Å². The quantitative estimate of drug-likeness (QED) is 0.545. The molecule has 7 nitrogen and oxygen atoms in total. The van der Waals surface area contributed by atoms with Crippen molar-refractivity contribution >= 4 is 29.1 Å². The van der Waals surface area contributed by atoms with E-state index in [1.165, 1.54) is 19.3 Å². The Kier molecular flexibility index (Phi) is 6.45. The number of ether oxygens (including phenoxy) is 1. The predicted molar refractivity (Wildman–Crippen MR) is 102 cm³/mol. The first-order chi connectivity index (χ1) is 13.0. The Morgan fingerprint density at radius 3 is 2.81 bits per heavy atom. The number of carbonyl (C=O) groups excluding carboxylic acids is 3. The van der Waals surface area contributed by atoms with E-state index in [0.29, 0.717) is 37.6 Å². The summed E-state index contributed by atoms with van der Waals surface area (Å²) in [6.07, 6.45) is 5.98. The molecule has 0 saturated heterocycles. The van der Waals surface area contributed by atoms with Crippen molar-refractivity contribution in [3.63, 3.8) is 0 Å². The summed E-state index contributed by atoms with van der Waals surface area (Å²) in [5.74, 6) is -0.850. The Bertz CT molecular complexity index is 719. The summed E-state index contributed by atoms with van der Waals surface area (Å²) in [7, 11) is 0. The van der Waals surface area contributed by atoms with Crippen LogP contribution in [0.2, 0.25) is 0 Å². The SMILES string of the molecule is CC1CCCCC1OCCNC(=O)C(=O)Nc1ccc2c(c1)CCC(=O)N2. The molecule has 27 heavy (non-hydrogen) atoms. The number of nitrogens with one attached hydrogen (secondary N) is 3. The minimum Gasteiger partial charge on any atom is -0.376 e. The summed E-state index contributed by atoms with van der Waals surface area (Å²) < 4.78 is 5.83. The van der Waals surface area contributed by atoms with Gasteiger partial charge in [-0.05, 0) is 48.9 Å². The van der Waals surface area contributed by atoms with Crippen LogP contribution in [0, 0.1) is 5.92 Å². The Labute approximate surface area is 159 Å². The van der Waals surface area contributed by atoms with Crippen LogP contribution in [0.4, 0.5) is 11.4 Å². The van der Waals surface area contributed by atoms with E-state index in [-0.39, 0.29) is 12.0 Å². The number of benzene rings is 1. The molecule has 7 heteroatoms. The Balaban J connectivity index is 1.41. The molecular formula is C20H27N3O4. The van der Waals surface area contributed by atoms with Gasteiger partial charge in [0.15, 0.2) is 0 Å². The molecule has 146 valence electrons. The maximum Gasteiger partial charge on any atom is 0.313 e. The second kappa shape index (κ2) is 8.99. The summed E-state index contributed by atoms with van der Waals surface area (Å²) in [6, 6.07) is 5.19. The van der Waals surface area contributed by atoms with Crippen molar-refractivity contribution in [3.05, 3.63) is 23.8 Å². The molecule has 1 fully saturated rings. The van der Waals surface area contributed by atoms with Crippen molar-refractivity contribution in [2.24, 2.45) is 5.92 Å². The van der Waals surface area contributed by atoms with Crippen LogP contribution in [-0.2, 0) is 25.5 Å². The third kappa shape index (κ3) is 5.29. The lowest BCUT2D eigenvalue weighted by molar-refractivity contribution is -0.136. The van der Waals surface area contributed by atoms with Crippen LogP contribution in [0.5, 0.6) is 0 Å². The van der Waals surface area contributed by atoms with Gasteiger partial charge in [-0.15, -0.1) is 0 Å². The number of hydrogen-bond acceptors (Lipinski definition) is 4. The summed E-state index contributed by atoms with van der Waals surface area (Å²) >= 11 is 0. The van der Waals surface area contributed by atoms with Crippen molar-refractivity contribution in [2.45, 2.75) is 51.6 Å². The molecule has 0 bridgehead atoms. The zero-order valence-electron chi connectivity index (χ0n) is 15.7. The molecule has 0 aromatic heterocycles. The zero-order valence-corrected chi connectivity index (χ0v) is 15.7. The third-order valence-electron chi connectivity index (χ3n) is 5.22. The molecule has 2 aliphatic rings. The van der Waals surface area contributed by atoms with Gasteiger partial charge in [0.25, 0.3) is 0 Å². The van der Waals surface area contributed by atoms with Crippen molar-refractivity contribution in [2.75, 3.05) is 23.8 Å². The molecule has 1 aliphatic carbocycles. The summed E-state index contributed by atoms with van der Waals surface area (Å²) in [6.45, 7) is 2.91. The molecule has 1 saturated carbocycles. The highest BCUT2D eigenvalue weighted by Crippen LogP contribution is 2.26. The van der Waals surface area contributed by atoms with E-state index in [9.17, 15) is 14.4 Å². The molecule has 3 N–H and O–H groups in total. The van der Waals surface area contributed by atoms with Gasteiger partial charge in [0, 0.05) is 24.3 Å². The van der Waals surface area contributed by atoms with E-state index in [1.54, 1.807) is 18.2 Å². The highest BCUT2D eigenvalue weighted by molar-refractivity contribution is 6.39. The molecule has 1 heterocycles. The molecule has 3 amide bonds. The van der Waals surface area contributed by atoms with Crippen LogP contribution in [0.15, 0.2) is 18.2 Å². The highest BCUT2D eigenvalue weighted by atomic mass is 16.5.